The van der Waals surface area contributed by atoms with Gasteiger partial charge in [-0.05, 0) is 69.3 Å². The molecule has 0 spiro atoms. The van der Waals surface area contributed by atoms with E-state index in [2.05, 4.69) is 10.4 Å². The highest BCUT2D eigenvalue weighted by atomic mass is 16.6. The van der Waals surface area contributed by atoms with Gasteiger partial charge in [0.25, 0.3) is 0 Å². The van der Waals surface area contributed by atoms with Crippen LogP contribution in [0.15, 0.2) is 66.9 Å². The van der Waals surface area contributed by atoms with Gasteiger partial charge in [-0.25, -0.2) is 14.8 Å². The summed E-state index contributed by atoms with van der Waals surface area (Å²) in [6.45, 7) is 6.75. The summed E-state index contributed by atoms with van der Waals surface area (Å²) < 4.78 is 12.0. The second kappa shape index (κ2) is 9.47. The number of carbonyl (C=O) groups excluding carboxylic acids is 2. The Morgan fingerprint density at radius 1 is 1.00 bits per heavy atom. The molecule has 0 fully saturated rings. The fourth-order valence-corrected chi connectivity index (χ4v) is 3.94. The Kier molecular flexibility index (Phi) is 6.15. The number of nitrogens with one attached hydrogen (secondary N) is 1. The lowest BCUT2D eigenvalue weighted by Crippen LogP contribution is -2.27. The molecular formula is C28H26N6O4. The van der Waals surface area contributed by atoms with Gasteiger partial charge in [0.05, 0.1) is 17.2 Å². The molecule has 5 rings (SSSR count). The minimum absolute atomic E-state index is 0.377. The molecule has 10 nitrogen and oxygen atoms in total. The molecule has 10 heteroatoms. The highest BCUT2D eigenvalue weighted by Gasteiger charge is 2.20. The number of carbonyl (C=O) groups is 2. The van der Waals surface area contributed by atoms with Crippen molar-refractivity contribution in [1.29, 1.82) is 0 Å². The Morgan fingerprint density at radius 2 is 1.82 bits per heavy atom. The lowest BCUT2D eigenvalue weighted by Gasteiger charge is -2.19. The first-order chi connectivity index (χ1) is 18.1. The van der Waals surface area contributed by atoms with Crippen molar-refractivity contribution in [3.8, 4) is 17.1 Å². The van der Waals surface area contributed by atoms with E-state index in [1.807, 2.05) is 24.3 Å². The molecule has 0 saturated carbocycles. The third kappa shape index (κ3) is 5.24. The van der Waals surface area contributed by atoms with E-state index < -0.39 is 17.7 Å². The molecule has 0 amide bonds. The number of benzene rings is 3. The van der Waals surface area contributed by atoms with Crippen LogP contribution < -0.4 is 15.8 Å². The van der Waals surface area contributed by atoms with Gasteiger partial charge in [-0.2, -0.15) is 9.78 Å². The summed E-state index contributed by atoms with van der Waals surface area (Å²) in [4.78, 5) is 33.6. The molecule has 3 aromatic carbocycles. The van der Waals surface area contributed by atoms with E-state index in [0.29, 0.717) is 45.2 Å². The summed E-state index contributed by atoms with van der Waals surface area (Å²) in [6.07, 6.45) is 1.04. The monoisotopic (exact) mass is 510 g/mol. The lowest BCUT2D eigenvalue weighted by molar-refractivity contribution is -0.131. The van der Waals surface area contributed by atoms with E-state index in [9.17, 15) is 9.59 Å². The molecule has 0 atom stereocenters. The molecule has 192 valence electrons. The van der Waals surface area contributed by atoms with Crippen LogP contribution in [0.2, 0.25) is 0 Å². The molecule has 38 heavy (non-hydrogen) atoms. The average Bonchev–Trinajstić information content (AvgIpc) is 3.26. The van der Waals surface area contributed by atoms with Gasteiger partial charge in [0.1, 0.15) is 17.2 Å². The zero-order chi connectivity index (χ0) is 27.0. The molecule has 0 aliphatic carbocycles. The van der Waals surface area contributed by atoms with Gasteiger partial charge in [0.2, 0.25) is 0 Å². The Bertz CT molecular complexity index is 1700. The van der Waals surface area contributed by atoms with Gasteiger partial charge in [-0.1, -0.05) is 12.1 Å². The molecule has 0 saturated heterocycles. The predicted octanol–water partition coefficient (Wildman–Crippen LogP) is 5.68. The second-order valence-corrected chi connectivity index (χ2v) is 9.73. The van der Waals surface area contributed by atoms with Crippen LogP contribution in [-0.4, -0.2) is 37.4 Å². The first-order valence-corrected chi connectivity index (χ1v) is 11.9. The van der Waals surface area contributed by atoms with Crippen molar-refractivity contribution in [1.82, 2.24) is 19.7 Å². The number of fused-ring (bicyclic) bond motifs is 2. The summed E-state index contributed by atoms with van der Waals surface area (Å²) in [6, 6.07) is 17.9. The maximum Gasteiger partial charge on any atom is 0.435 e. The van der Waals surface area contributed by atoms with Gasteiger partial charge >= 0.3 is 12.1 Å². The topological polar surface area (TPSA) is 134 Å². The highest BCUT2D eigenvalue weighted by molar-refractivity contribution is 5.95. The van der Waals surface area contributed by atoms with Gasteiger partial charge < -0.3 is 20.5 Å². The lowest BCUT2D eigenvalue weighted by atomic mass is 10.1. The number of rotatable bonds is 4. The van der Waals surface area contributed by atoms with Gasteiger partial charge in [-0.3, -0.25) is 4.79 Å². The molecule has 0 aliphatic rings. The maximum absolute atomic E-state index is 12.6. The van der Waals surface area contributed by atoms with Crippen molar-refractivity contribution in [3.05, 3.63) is 66.9 Å². The largest absolute Gasteiger partial charge is 0.442 e. The Labute approximate surface area is 218 Å². The van der Waals surface area contributed by atoms with Crippen LogP contribution in [0.3, 0.4) is 0 Å². The van der Waals surface area contributed by atoms with Crippen molar-refractivity contribution in [2.45, 2.75) is 33.3 Å². The fourth-order valence-electron chi connectivity index (χ4n) is 3.94. The summed E-state index contributed by atoms with van der Waals surface area (Å²) >= 11 is 0. The van der Waals surface area contributed by atoms with Gasteiger partial charge in [0.15, 0.2) is 5.82 Å². The quantitative estimate of drug-likeness (QED) is 0.178. The van der Waals surface area contributed by atoms with E-state index in [1.165, 1.54) is 11.6 Å². The third-order valence-electron chi connectivity index (χ3n) is 5.47. The van der Waals surface area contributed by atoms with Crippen LogP contribution in [0.1, 0.15) is 27.7 Å². The molecule has 0 bridgehead atoms. The number of aromatic nitrogens is 4. The molecule has 0 unspecified atom stereocenters. The first-order valence-electron chi connectivity index (χ1n) is 11.9. The van der Waals surface area contributed by atoms with E-state index in [1.54, 1.807) is 63.4 Å². The number of hydrogen-bond acceptors (Lipinski definition) is 9. The number of nitrogens with two attached hydrogens (primary N) is 1. The van der Waals surface area contributed by atoms with E-state index >= 15 is 0 Å². The smallest absolute Gasteiger partial charge is 0.435 e. The molecule has 2 aromatic heterocycles. The van der Waals surface area contributed by atoms with Crippen LogP contribution in [-0.2, 0) is 9.53 Å². The summed E-state index contributed by atoms with van der Waals surface area (Å²) in [5.74, 6) is 0.928. The zero-order valence-electron chi connectivity index (χ0n) is 21.4. The molecular weight excluding hydrogens is 484 g/mol. The van der Waals surface area contributed by atoms with Crippen molar-refractivity contribution >= 4 is 51.1 Å². The number of nitrogen functional groups attached to an aromatic ring is 1. The third-order valence-corrected chi connectivity index (χ3v) is 5.47. The molecule has 2 heterocycles. The van der Waals surface area contributed by atoms with E-state index in [0.717, 1.165) is 10.9 Å². The standard InChI is InChI=1S/C28H26N6O4/c1-16(35)37-21-9-10-23-22(14-21)26(33-25(32-23)17-6-5-7-19(29)12-17)31-20-8-11-24-18(13-20)15-30-34(24)27(36)38-28(2,3)4/h5-15H,29H2,1-4H3,(H,31,32,33). The van der Waals surface area contributed by atoms with E-state index in [4.69, 9.17) is 25.2 Å². The number of nitrogens with zero attached hydrogens (tertiary/aromatic N) is 4. The minimum atomic E-state index is -0.642. The average molecular weight is 511 g/mol. The Morgan fingerprint density at radius 3 is 2.55 bits per heavy atom. The number of anilines is 3. The molecule has 3 N–H and O–H groups in total. The zero-order valence-corrected chi connectivity index (χ0v) is 21.4. The second-order valence-electron chi connectivity index (χ2n) is 9.73. The minimum Gasteiger partial charge on any atom is -0.442 e. The maximum atomic E-state index is 12.6. The van der Waals surface area contributed by atoms with Crippen LogP contribution in [0.25, 0.3) is 33.2 Å². The van der Waals surface area contributed by atoms with Crippen LogP contribution >= 0.6 is 0 Å². The summed E-state index contributed by atoms with van der Waals surface area (Å²) in [7, 11) is 0. The van der Waals surface area contributed by atoms with Crippen molar-refractivity contribution in [3.63, 3.8) is 0 Å². The summed E-state index contributed by atoms with van der Waals surface area (Å²) in [5.41, 5.74) is 8.66. The van der Waals surface area contributed by atoms with Gasteiger partial charge in [0, 0.05) is 34.6 Å². The van der Waals surface area contributed by atoms with Crippen LogP contribution in [0.4, 0.5) is 22.0 Å². The molecule has 0 aliphatic heterocycles. The predicted molar refractivity (Wildman–Crippen MR) is 145 cm³/mol. The normalized spacial score (nSPS) is 11.5. The SMILES string of the molecule is CC(=O)Oc1ccc2nc(-c3cccc(N)c3)nc(Nc3ccc4c(cnn4C(=O)OC(C)(C)C)c3)c2c1. The van der Waals surface area contributed by atoms with Crippen molar-refractivity contribution < 1.29 is 19.1 Å². The summed E-state index contributed by atoms with van der Waals surface area (Å²) in [5, 5.41) is 8.94. The number of esters is 1. The number of hydrogen-bond donors (Lipinski definition) is 2. The highest BCUT2D eigenvalue weighted by Crippen LogP contribution is 2.31. The van der Waals surface area contributed by atoms with Crippen LogP contribution in [0.5, 0.6) is 5.75 Å². The number of ether oxygens (including phenoxy) is 2. The van der Waals surface area contributed by atoms with Crippen molar-refractivity contribution in [2.75, 3.05) is 11.1 Å². The van der Waals surface area contributed by atoms with Crippen molar-refractivity contribution in [2.24, 2.45) is 0 Å². The Hall–Kier alpha value is -4.99. The fraction of sp³-hybridized carbons (Fsp3) is 0.179. The van der Waals surface area contributed by atoms with Gasteiger partial charge in [-0.15, -0.1) is 0 Å². The molecule has 0 radical (unpaired) electrons. The first kappa shape index (κ1) is 24.7. The van der Waals surface area contributed by atoms with E-state index in [-0.39, 0.29) is 0 Å². The van der Waals surface area contributed by atoms with Crippen LogP contribution in [0, 0.1) is 0 Å². The molecule has 5 aromatic rings. The Balaban J connectivity index is 1.57.